The van der Waals surface area contributed by atoms with Crippen molar-refractivity contribution in [3.05, 3.63) is 187 Å². The van der Waals surface area contributed by atoms with E-state index in [0.717, 1.165) is 28.2 Å². The number of thiophene rings is 1. The molecular weight excluding hydrogens is 653 g/mol. The number of rotatable bonds is 4. The number of nitrogens with one attached hydrogen (secondary N) is 1. The molecule has 1 unspecified atom stereocenters. The molecule has 0 saturated carbocycles. The molecule has 3 heterocycles. The fourth-order valence-electron chi connectivity index (χ4n) is 7.99. The van der Waals surface area contributed by atoms with Gasteiger partial charge in [0, 0.05) is 47.8 Å². The van der Waals surface area contributed by atoms with Crippen molar-refractivity contribution in [1.82, 2.24) is 9.88 Å². The fraction of sp³-hybridized carbons (Fsp3) is 0.0213. The third-order valence-electron chi connectivity index (χ3n) is 10.4. The van der Waals surface area contributed by atoms with Gasteiger partial charge in [0.25, 0.3) is 0 Å². The van der Waals surface area contributed by atoms with Crippen LogP contribution in [0.15, 0.2) is 180 Å². The first kappa shape index (κ1) is 29.2. The summed E-state index contributed by atoms with van der Waals surface area (Å²) < 4.78 is 4.97. The zero-order valence-corrected chi connectivity index (χ0v) is 28.8. The summed E-state index contributed by atoms with van der Waals surface area (Å²) in [4.78, 5) is 10.4. The van der Waals surface area contributed by atoms with E-state index in [0.29, 0.717) is 5.84 Å². The summed E-state index contributed by atoms with van der Waals surface area (Å²) in [5, 5.41) is 13.8. The standard InChI is InChI=1S/C47H30N4S/c1-2-12-31(13-3-1)45-48-46(50-47(49-45)33-22-27-42-38(28-33)37-16-8-9-17-41(37)52-42)32-18-23-34(24-19-32)51-39-25-20-29-10-4-6-14-35(29)43(39)44-36-15-7-5-11-30(36)21-26-40(44)51/h1-28,45H,(H,48,49,50). The van der Waals surface area contributed by atoms with Crippen molar-refractivity contribution in [2.75, 3.05) is 0 Å². The Morgan fingerprint density at radius 3 is 1.81 bits per heavy atom. The van der Waals surface area contributed by atoms with Crippen molar-refractivity contribution in [3.63, 3.8) is 0 Å². The lowest BCUT2D eigenvalue weighted by molar-refractivity contribution is 0.674. The van der Waals surface area contributed by atoms with Crippen LogP contribution in [-0.4, -0.2) is 16.2 Å². The van der Waals surface area contributed by atoms with Crippen LogP contribution in [0, 0.1) is 0 Å². The number of benzene rings is 8. The molecule has 1 aliphatic rings. The largest absolute Gasteiger partial charge is 0.344 e. The van der Waals surface area contributed by atoms with Crippen LogP contribution in [0.1, 0.15) is 22.9 Å². The van der Waals surface area contributed by atoms with Gasteiger partial charge in [0.05, 0.1) is 11.0 Å². The maximum Gasteiger partial charge on any atom is 0.159 e. The molecule has 1 N–H and O–H groups in total. The van der Waals surface area contributed by atoms with E-state index in [-0.39, 0.29) is 6.17 Å². The van der Waals surface area contributed by atoms with Gasteiger partial charge in [-0.05, 0) is 87.8 Å². The second kappa shape index (κ2) is 11.5. The molecule has 0 aliphatic carbocycles. The Balaban J connectivity index is 1.06. The molecule has 10 aromatic rings. The van der Waals surface area contributed by atoms with Crippen molar-refractivity contribution in [3.8, 4) is 5.69 Å². The van der Waals surface area contributed by atoms with E-state index in [2.05, 4.69) is 174 Å². The zero-order chi connectivity index (χ0) is 34.2. The maximum absolute atomic E-state index is 5.18. The quantitative estimate of drug-likeness (QED) is 0.197. The third-order valence-corrected chi connectivity index (χ3v) is 11.6. The minimum atomic E-state index is -0.266. The normalized spacial score (nSPS) is 14.7. The third kappa shape index (κ3) is 4.53. The summed E-state index contributed by atoms with van der Waals surface area (Å²) in [5.74, 6) is 1.53. The van der Waals surface area contributed by atoms with Crippen LogP contribution in [0.2, 0.25) is 0 Å². The molecular formula is C47H30N4S. The Morgan fingerprint density at radius 1 is 0.500 bits per heavy atom. The molecule has 1 aliphatic heterocycles. The van der Waals surface area contributed by atoms with Gasteiger partial charge in [0.2, 0.25) is 0 Å². The highest BCUT2D eigenvalue weighted by Crippen LogP contribution is 2.41. The van der Waals surface area contributed by atoms with Gasteiger partial charge in [-0.15, -0.1) is 11.3 Å². The molecule has 1 atom stereocenters. The number of hydrogen-bond acceptors (Lipinski definition) is 4. The van der Waals surface area contributed by atoms with Crippen LogP contribution in [0.3, 0.4) is 0 Å². The summed E-state index contributed by atoms with van der Waals surface area (Å²) in [5.41, 5.74) is 6.60. The van der Waals surface area contributed by atoms with Gasteiger partial charge in [0.1, 0.15) is 12.0 Å². The molecule has 52 heavy (non-hydrogen) atoms. The first-order chi connectivity index (χ1) is 25.8. The van der Waals surface area contributed by atoms with Crippen LogP contribution in [0.5, 0.6) is 0 Å². The summed E-state index contributed by atoms with van der Waals surface area (Å²) in [6.07, 6.45) is -0.266. The van der Waals surface area contributed by atoms with Crippen LogP contribution in [0.25, 0.3) is 69.2 Å². The van der Waals surface area contributed by atoms with Gasteiger partial charge >= 0.3 is 0 Å². The van der Waals surface area contributed by atoms with Gasteiger partial charge in [0.15, 0.2) is 5.84 Å². The van der Waals surface area contributed by atoms with E-state index < -0.39 is 0 Å². The smallest absolute Gasteiger partial charge is 0.159 e. The zero-order valence-electron chi connectivity index (χ0n) is 28.0. The van der Waals surface area contributed by atoms with Crippen LogP contribution in [0.4, 0.5) is 0 Å². The van der Waals surface area contributed by atoms with Gasteiger partial charge in [-0.3, -0.25) is 0 Å². The molecule has 0 fully saturated rings. The molecule has 8 aromatic carbocycles. The first-order valence-corrected chi connectivity index (χ1v) is 18.4. The average Bonchev–Trinajstić information content (AvgIpc) is 3.77. The number of aromatic nitrogens is 1. The van der Waals surface area contributed by atoms with Gasteiger partial charge in [-0.1, -0.05) is 109 Å². The Bertz CT molecular complexity index is 3000. The Labute approximate surface area is 303 Å². The van der Waals surface area contributed by atoms with Crippen LogP contribution >= 0.6 is 11.3 Å². The SMILES string of the molecule is c1ccc(C2N=C(c3ccc(-n4c5ccc6ccccc6c5c5c6ccccc6ccc54)cc3)N=C(c3ccc4sc5ccccc5c4c3)N2)cc1. The summed E-state index contributed by atoms with van der Waals surface area (Å²) in [7, 11) is 0. The molecule has 4 nitrogen and oxygen atoms in total. The maximum atomic E-state index is 5.18. The molecule has 0 amide bonds. The van der Waals surface area contributed by atoms with E-state index in [4.69, 9.17) is 9.98 Å². The highest BCUT2D eigenvalue weighted by molar-refractivity contribution is 7.25. The molecule has 0 saturated heterocycles. The fourth-order valence-corrected chi connectivity index (χ4v) is 9.08. The van der Waals surface area contributed by atoms with Crippen LogP contribution in [-0.2, 0) is 0 Å². The highest BCUT2D eigenvalue weighted by atomic mass is 32.1. The molecule has 0 spiro atoms. The monoisotopic (exact) mass is 682 g/mol. The van der Waals surface area contributed by atoms with Crippen molar-refractivity contribution < 1.29 is 0 Å². The lowest BCUT2D eigenvalue weighted by atomic mass is 10.00. The number of fused-ring (bicyclic) bond motifs is 10. The number of amidine groups is 2. The minimum absolute atomic E-state index is 0.266. The van der Waals surface area contributed by atoms with Gasteiger partial charge in [-0.25, -0.2) is 9.98 Å². The summed E-state index contributed by atoms with van der Waals surface area (Å²) in [6, 6.07) is 60.9. The molecule has 0 bridgehead atoms. The Morgan fingerprint density at radius 2 is 1.10 bits per heavy atom. The van der Waals surface area contributed by atoms with Gasteiger partial charge in [-0.2, -0.15) is 0 Å². The Hall–Kier alpha value is -6.56. The van der Waals surface area contributed by atoms with E-state index in [1.54, 1.807) is 0 Å². The Kier molecular flexibility index (Phi) is 6.45. The second-order valence-electron chi connectivity index (χ2n) is 13.4. The van der Waals surface area contributed by atoms with E-state index in [9.17, 15) is 0 Å². The predicted molar refractivity (Wildman–Crippen MR) is 221 cm³/mol. The second-order valence-corrected chi connectivity index (χ2v) is 14.5. The lowest BCUT2D eigenvalue weighted by Gasteiger charge is -2.24. The first-order valence-electron chi connectivity index (χ1n) is 17.6. The van der Waals surface area contributed by atoms with Crippen molar-refractivity contribution >= 4 is 86.5 Å². The van der Waals surface area contributed by atoms with E-state index >= 15 is 0 Å². The number of hydrogen-bond donors (Lipinski definition) is 1. The molecule has 244 valence electrons. The molecule has 11 rings (SSSR count). The predicted octanol–water partition coefficient (Wildman–Crippen LogP) is 12.0. The molecule has 5 heteroatoms. The van der Waals surface area contributed by atoms with E-state index in [1.165, 1.54) is 63.5 Å². The van der Waals surface area contributed by atoms with Crippen LogP contribution < -0.4 is 5.32 Å². The van der Waals surface area contributed by atoms with Crippen molar-refractivity contribution in [2.24, 2.45) is 9.98 Å². The number of nitrogens with zero attached hydrogens (tertiary/aromatic N) is 3. The number of aliphatic imine (C=N–C) groups is 2. The molecule has 0 radical (unpaired) electrons. The summed E-state index contributed by atoms with van der Waals surface area (Å²) >= 11 is 1.83. The van der Waals surface area contributed by atoms with Gasteiger partial charge < -0.3 is 9.88 Å². The summed E-state index contributed by atoms with van der Waals surface area (Å²) in [6.45, 7) is 0. The van der Waals surface area contributed by atoms with Crippen molar-refractivity contribution in [2.45, 2.75) is 6.17 Å². The lowest BCUT2D eigenvalue weighted by Crippen LogP contribution is -2.33. The average molecular weight is 683 g/mol. The molecule has 2 aromatic heterocycles. The minimum Gasteiger partial charge on any atom is -0.344 e. The van der Waals surface area contributed by atoms with Crippen molar-refractivity contribution in [1.29, 1.82) is 0 Å². The highest BCUT2D eigenvalue weighted by Gasteiger charge is 2.22. The topological polar surface area (TPSA) is 41.7 Å². The van der Waals surface area contributed by atoms with E-state index in [1.807, 2.05) is 17.4 Å².